The van der Waals surface area contributed by atoms with Crippen LogP contribution in [-0.4, -0.2) is 44.2 Å². The molecule has 0 aromatic rings. The Bertz CT molecular complexity index is 450. The van der Waals surface area contributed by atoms with Gasteiger partial charge in [-0.15, -0.1) is 0 Å². The van der Waals surface area contributed by atoms with E-state index in [1.165, 1.54) is 7.11 Å². The molecule has 1 saturated heterocycles. The Hall–Kier alpha value is -0.620. The van der Waals surface area contributed by atoms with Gasteiger partial charge in [0.1, 0.15) is 0 Å². The fraction of sp³-hybridized carbons (Fsp3) is 0.929. The minimum absolute atomic E-state index is 0.0663. The first-order valence-electron chi connectivity index (χ1n) is 7.33. The molecule has 0 aromatic carbocycles. The molecule has 2 rings (SSSR count). The molecule has 2 atom stereocenters. The molecule has 0 bridgehead atoms. The second-order valence-corrected chi connectivity index (χ2v) is 8.68. The summed E-state index contributed by atoms with van der Waals surface area (Å²) >= 11 is 0. The monoisotopic (exact) mass is 304 g/mol. The molecule has 2 fully saturated rings. The Morgan fingerprint density at radius 1 is 1.40 bits per heavy atom. The van der Waals surface area contributed by atoms with Crippen LogP contribution in [-0.2, 0) is 24.1 Å². The van der Waals surface area contributed by atoms with Gasteiger partial charge in [0.25, 0.3) is 0 Å². The van der Waals surface area contributed by atoms with Crippen LogP contribution < -0.4 is 0 Å². The third-order valence-corrected chi connectivity index (χ3v) is 7.29. The molecular formula is C14H24O5S. The lowest BCUT2D eigenvalue weighted by Crippen LogP contribution is -2.45. The highest BCUT2D eigenvalue weighted by molar-refractivity contribution is 7.92. The molecule has 2 unspecified atom stereocenters. The van der Waals surface area contributed by atoms with E-state index in [-0.39, 0.29) is 17.3 Å². The fourth-order valence-corrected chi connectivity index (χ4v) is 5.38. The predicted octanol–water partition coefficient (Wildman–Crippen LogP) is 1.84. The number of carbonyl (C=O) groups excluding carboxylic acids is 1. The molecule has 2 aliphatic rings. The molecule has 6 heteroatoms. The SMILES string of the molecule is COC(=O)CC(C)S(=O)(=O)C1CCOC2(CCCC2)C1. The first-order valence-corrected chi connectivity index (χ1v) is 8.94. The minimum atomic E-state index is -3.31. The molecule has 1 aliphatic carbocycles. The first-order chi connectivity index (χ1) is 9.39. The molecule has 1 saturated carbocycles. The Morgan fingerprint density at radius 2 is 2.05 bits per heavy atom. The zero-order valence-electron chi connectivity index (χ0n) is 12.3. The lowest BCUT2D eigenvalue weighted by atomic mass is 9.92. The van der Waals surface area contributed by atoms with Crippen molar-refractivity contribution < 1.29 is 22.7 Å². The van der Waals surface area contributed by atoms with Gasteiger partial charge in [-0.25, -0.2) is 8.42 Å². The lowest BCUT2D eigenvalue weighted by molar-refractivity contribution is -0.140. The number of hydrogen-bond donors (Lipinski definition) is 0. The molecule has 0 radical (unpaired) electrons. The van der Waals surface area contributed by atoms with Gasteiger partial charge in [0.2, 0.25) is 0 Å². The van der Waals surface area contributed by atoms with Crippen molar-refractivity contribution in [1.82, 2.24) is 0 Å². The van der Waals surface area contributed by atoms with E-state index in [4.69, 9.17) is 4.74 Å². The quantitative estimate of drug-likeness (QED) is 0.741. The van der Waals surface area contributed by atoms with E-state index in [1.807, 2.05) is 0 Å². The number of sulfone groups is 1. The lowest BCUT2D eigenvalue weighted by Gasteiger charge is -2.38. The van der Waals surface area contributed by atoms with Crippen LogP contribution in [0.2, 0.25) is 0 Å². The Labute approximate surface area is 120 Å². The summed E-state index contributed by atoms with van der Waals surface area (Å²) in [5, 5.41) is -1.06. The normalized spacial score (nSPS) is 27.4. The summed E-state index contributed by atoms with van der Waals surface area (Å²) in [6.45, 7) is 2.11. The van der Waals surface area contributed by atoms with Crippen LogP contribution in [0, 0.1) is 0 Å². The third kappa shape index (κ3) is 3.17. The topological polar surface area (TPSA) is 69.7 Å². The molecular weight excluding hydrogens is 280 g/mol. The summed E-state index contributed by atoms with van der Waals surface area (Å²) in [6, 6.07) is 0. The number of esters is 1. The van der Waals surface area contributed by atoms with Gasteiger partial charge in [-0.05, 0) is 32.6 Å². The highest BCUT2D eigenvalue weighted by Crippen LogP contribution is 2.42. The van der Waals surface area contributed by atoms with Crippen LogP contribution in [0.3, 0.4) is 0 Å². The van der Waals surface area contributed by atoms with E-state index in [0.29, 0.717) is 19.4 Å². The third-order valence-electron chi connectivity index (χ3n) is 4.67. The molecule has 0 aromatic heterocycles. The smallest absolute Gasteiger partial charge is 0.306 e. The molecule has 1 aliphatic heterocycles. The summed E-state index contributed by atoms with van der Waals surface area (Å²) in [4.78, 5) is 11.3. The van der Waals surface area contributed by atoms with Crippen molar-refractivity contribution in [1.29, 1.82) is 0 Å². The average molecular weight is 304 g/mol. The van der Waals surface area contributed by atoms with Crippen LogP contribution in [0.25, 0.3) is 0 Å². The van der Waals surface area contributed by atoms with E-state index in [9.17, 15) is 13.2 Å². The van der Waals surface area contributed by atoms with Crippen molar-refractivity contribution in [3.8, 4) is 0 Å². The molecule has 20 heavy (non-hydrogen) atoms. The van der Waals surface area contributed by atoms with Crippen LogP contribution in [0.5, 0.6) is 0 Å². The number of hydrogen-bond acceptors (Lipinski definition) is 5. The summed E-state index contributed by atoms with van der Waals surface area (Å²) in [7, 11) is -2.03. The Morgan fingerprint density at radius 3 is 2.65 bits per heavy atom. The van der Waals surface area contributed by atoms with Gasteiger partial charge in [-0.1, -0.05) is 12.8 Å². The molecule has 0 amide bonds. The number of ether oxygens (including phenoxy) is 2. The maximum atomic E-state index is 12.6. The van der Waals surface area contributed by atoms with E-state index in [2.05, 4.69) is 4.74 Å². The maximum Gasteiger partial charge on any atom is 0.306 e. The summed E-state index contributed by atoms with van der Waals surface area (Å²) < 4.78 is 35.7. The highest BCUT2D eigenvalue weighted by atomic mass is 32.2. The van der Waals surface area contributed by atoms with Gasteiger partial charge in [0.05, 0.1) is 29.6 Å². The number of carbonyl (C=O) groups is 1. The van der Waals surface area contributed by atoms with Crippen molar-refractivity contribution >= 4 is 15.8 Å². The van der Waals surface area contributed by atoms with Crippen molar-refractivity contribution in [3.05, 3.63) is 0 Å². The minimum Gasteiger partial charge on any atom is -0.469 e. The summed E-state index contributed by atoms with van der Waals surface area (Å²) in [5.41, 5.74) is -0.221. The van der Waals surface area contributed by atoms with Crippen molar-refractivity contribution in [2.45, 2.75) is 68.0 Å². The van der Waals surface area contributed by atoms with Crippen LogP contribution in [0.15, 0.2) is 0 Å². The zero-order valence-corrected chi connectivity index (χ0v) is 13.1. The maximum absolute atomic E-state index is 12.6. The number of rotatable bonds is 4. The van der Waals surface area contributed by atoms with Crippen molar-refractivity contribution in [3.63, 3.8) is 0 Å². The van der Waals surface area contributed by atoms with E-state index in [1.54, 1.807) is 6.92 Å². The van der Waals surface area contributed by atoms with Gasteiger partial charge in [-0.2, -0.15) is 0 Å². The van der Waals surface area contributed by atoms with E-state index < -0.39 is 21.1 Å². The van der Waals surface area contributed by atoms with Gasteiger partial charge in [0.15, 0.2) is 9.84 Å². The largest absolute Gasteiger partial charge is 0.469 e. The van der Waals surface area contributed by atoms with Gasteiger partial charge in [-0.3, -0.25) is 4.79 Å². The zero-order chi connectivity index (χ0) is 14.8. The molecule has 1 heterocycles. The van der Waals surface area contributed by atoms with E-state index >= 15 is 0 Å². The Balaban J connectivity index is 2.06. The second kappa shape index (κ2) is 6.02. The van der Waals surface area contributed by atoms with E-state index in [0.717, 1.165) is 25.7 Å². The van der Waals surface area contributed by atoms with Crippen LogP contribution >= 0.6 is 0 Å². The van der Waals surface area contributed by atoms with Gasteiger partial charge >= 0.3 is 5.97 Å². The summed E-state index contributed by atoms with van der Waals surface area (Å²) in [5.74, 6) is -0.469. The molecule has 0 N–H and O–H groups in total. The van der Waals surface area contributed by atoms with Gasteiger partial charge in [0, 0.05) is 6.61 Å². The summed E-state index contributed by atoms with van der Waals surface area (Å²) in [6.07, 6.45) is 5.21. The second-order valence-electron chi connectivity index (χ2n) is 6.03. The first kappa shape index (κ1) is 15.8. The van der Waals surface area contributed by atoms with Gasteiger partial charge < -0.3 is 9.47 Å². The standard InChI is InChI=1S/C14H24O5S/c1-11(9-13(15)18-2)20(16,17)12-5-8-19-14(10-12)6-3-4-7-14/h11-12H,3-10H2,1-2H3. The molecule has 5 nitrogen and oxygen atoms in total. The Kier molecular flexibility index (Phi) is 4.74. The number of methoxy groups -OCH3 is 1. The molecule has 116 valence electrons. The van der Waals surface area contributed by atoms with Crippen molar-refractivity contribution in [2.24, 2.45) is 0 Å². The van der Waals surface area contributed by atoms with Crippen molar-refractivity contribution in [2.75, 3.05) is 13.7 Å². The molecule has 1 spiro atoms. The predicted molar refractivity (Wildman–Crippen MR) is 75.2 cm³/mol. The van der Waals surface area contributed by atoms with Crippen LogP contribution in [0.1, 0.15) is 51.9 Å². The fourth-order valence-electron chi connectivity index (χ4n) is 3.39. The highest BCUT2D eigenvalue weighted by Gasteiger charge is 2.45. The van der Waals surface area contributed by atoms with Crippen LogP contribution in [0.4, 0.5) is 0 Å². The average Bonchev–Trinajstić information content (AvgIpc) is 2.86.